The minimum absolute atomic E-state index is 0.781. The largest absolute Gasteiger partial charge is 0.388 e. The van der Waals surface area contributed by atoms with E-state index in [0.29, 0.717) is 0 Å². The predicted octanol–water partition coefficient (Wildman–Crippen LogP) is 1.74. The highest BCUT2D eigenvalue weighted by atomic mass is 32.1. The summed E-state index contributed by atoms with van der Waals surface area (Å²) in [5, 5.41) is 11.4. The summed E-state index contributed by atoms with van der Waals surface area (Å²) in [5.74, 6) is 0. The molecule has 0 spiro atoms. The molecule has 0 radical (unpaired) electrons. The fourth-order valence-electron chi connectivity index (χ4n) is 1.24. The van der Waals surface area contributed by atoms with Gasteiger partial charge in [-0.1, -0.05) is 15.7 Å². The van der Waals surface area contributed by atoms with Crippen molar-refractivity contribution >= 4 is 28.0 Å². The van der Waals surface area contributed by atoms with Gasteiger partial charge in [0, 0.05) is 37.0 Å². The molecule has 78 valence electrons. The molecule has 0 atom stereocenters. The zero-order valence-corrected chi connectivity index (χ0v) is 9.32. The van der Waals surface area contributed by atoms with E-state index in [1.165, 1.54) is 11.5 Å². The van der Waals surface area contributed by atoms with Gasteiger partial charge >= 0.3 is 0 Å². The van der Waals surface area contributed by atoms with Crippen molar-refractivity contribution in [3.8, 4) is 0 Å². The summed E-state index contributed by atoms with van der Waals surface area (Å²) in [6.07, 6.45) is 0. The first-order valence-electron chi connectivity index (χ1n) is 4.48. The van der Waals surface area contributed by atoms with E-state index >= 15 is 0 Å². The number of nitrogens with one attached hydrogen (secondary N) is 1. The second-order valence-corrected chi connectivity index (χ2v) is 3.72. The molecule has 6 heteroatoms. The first kappa shape index (κ1) is 9.85. The minimum Gasteiger partial charge on any atom is -0.388 e. The van der Waals surface area contributed by atoms with Gasteiger partial charge in [0.15, 0.2) is 0 Å². The first-order chi connectivity index (χ1) is 7.31. The molecule has 0 aliphatic rings. The first-order valence-corrected chi connectivity index (χ1v) is 5.25. The molecule has 1 heterocycles. The van der Waals surface area contributed by atoms with Crippen molar-refractivity contribution in [1.29, 1.82) is 0 Å². The average molecular weight is 221 g/mol. The van der Waals surface area contributed by atoms with Crippen molar-refractivity contribution in [3.63, 3.8) is 0 Å². The Morgan fingerprint density at radius 1 is 1.40 bits per heavy atom. The zero-order chi connectivity index (χ0) is 10.7. The Balaban J connectivity index is 2.29. The fraction of sp³-hybridized carbons (Fsp3) is 0.222. The van der Waals surface area contributed by atoms with Crippen molar-refractivity contribution < 1.29 is 0 Å². The second-order valence-electron chi connectivity index (χ2n) is 3.00. The van der Waals surface area contributed by atoms with Crippen molar-refractivity contribution in [2.45, 2.75) is 0 Å². The maximum atomic E-state index is 3.91. The van der Waals surface area contributed by atoms with Crippen LogP contribution in [-0.2, 0) is 0 Å². The molecule has 0 aliphatic heterocycles. The highest BCUT2D eigenvalue weighted by Gasteiger charge is 2.07. The lowest BCUT2D eigenvalue weighted by Gasteiger charge is -2.15. The lowest BCUT2D eigenvalue weighted by molar-refractivity contribution is 0.944. The van der Waals surface area contributed by atoms with Crippen LogP contribution in [0.1, 0.15) is 0 Å². The summed E-state index contributed by atoms with van der Waals surface area (Å²) >= 11 is 1.27. The summed E-state index contributed by atoms with van der Waals surface area (Å²) in [5.41, 5.74) is 2.12. The van der Waals surface area contributed by atoms with Crippen LogP contribution < -0.4 is 10.2 Å². The van der Waals surface area contributed by atoms with E-state index in [9.17, 15) is 0 Å². The molecule has 1 aromatic carbocycles. The van der Waals surface area contributed by atoms with Crippen LogP contribution in [0.2, 0.25) is 0 Å². The molecule has 1 aromatic heterocycles. The summed E-state index contributed by atoms with van der Waals surface area (Å²) in [7, 11) is 3.84. The van der Waals surface area contributed by atoms with Crippen LogP contribution in [0.15, 0.2) is 24.3 Å². The van der Waals surface area contributed by atoms with Crippen molar-refractivity contribution in [2.75, 3.05) is 24.3 Å². The molecular weight excluding hydrogens is 210 g/mol. The zero-order valence-electron chi connectivity index (χ0n) is 8.51. The molecule has 0 fully saturated rings. The monoisotopic (exact) mass is 221 g/mol. The second kappa shape index (κ2) is 4.22. The van der Waals surface area contributed by atoms with E-state index in [0.717, 1.165) is 16.5 Å². The number of rotatable bonds is 3. The van der Waals surface area contributed by atoms with E-state index in [1.54, 1.807) is 0 Å². The number of nitrogens with zero attached hydrogens (tertiary/aromatic N) is 4. The number of benzene rings is 1. The van der Waals surface area contributed by atoms with Crippen LogP contribution in [0.5, 0.6) is 0 Å². The molecule has 2 rings (SSSR count). The Bertz CT molecular complexity index is 428. The molecule has 1 N–H and O–H groups in total. The van der Waals surface area contributed by atoms with Gasteiger partial charge in [0.1, 0.15) is 0 Å². The number of hydrogen-bond acceptors (Lipinski definition) is 6. The summed E-state index contributed by atoms with van der Waals surface area (Å²) < 4.78 is 3.73. The smallest absolute Gasteiger partial charge is 0.232 e. The molecule has 2 aromatic rings. The Morgan fingerprint density at radius 2 is 2.27 bits per heavy atom. The SMILES string of the molecule is CNc1cccc(N(C)c2nnns2)c1. The van der Waals surface area contributed by atoms with Crippen molar-refractivity contribution in [3.05, 3.63) is 24.3 Å². The van der Waals surface area contributed by atoms with Crippen LogP contribution in [0.25, 0.3) is 0 Å². The summed E-state index contributed by atoms with van der Waals surface area (Å²) in [6, 6.07) is 8.06. The minimum atomic E-state index is 0.781. The van der Waals surface area contributed by atoms with Gasteiger partial charge in [-0.2, -0.15) is 0 Å². The van der Waals surface area contributed by atoms with Gasteiger partial charge < -0.3 is 10.2 Å². The molecule has 5 nitrogen and oxygen atoms in total. The van der Waals surface area contributed by atoms with Gasteiger partial charge in [-0.05, 0) is 23.4 Å². The third kappa shape index (κ3) is 2.04. The maximum absolute atomic E-state index is 3.91. The number of aromatic nitrogens is 3. The average Bonchev–Trinajstić information content (AvgIpc) is 2.81. The van der Waals surface area contributed by atoms with E-state index in [1.807, 2.05) is 43.3 Å². The molecular formula is C9H11N5S. The van der Waals surface area contributed by atoms with E-state index in [2.05, 4.69) is 20.1 Å². The quantitative estimate of drug-likeness (QED) is 0.855. The number of anilines is 3. The van der Waals surface area contributed by atoms with Gasteiger partial charge in [0.2, 0.25) is 5.13 Å². The molecule has 0 bridgehead atoms. The fourth-order valence-corrected chi connectivity index (χ4v) is 1.69. The molecule has 0 aliphatic carbocycles. The molecule has 0 saturated carbocycles. The van der Waals surface area contributed by atoms with Crippen LogP contribution in [0.3, 0.4) is 0 Å². The van der Waals surface area contributed by atoms with Gasteiger partial charge in [0.25, 0.3) is 0 Å². The maximum Gasteiger partial charge on any atom is 0.232 e. The highest BCUT2D eigenvalue weighted by Crippen LogP contribution is 2.25. The Labute approximate surface area is 91.9 Å². The molecule has 0 saturated heterocycles. The number of hydrogen-bond donors (Lipinski definition) is 1. The lowest BCUT2D eigenvalue weighted by Crippen LogP contribution is -2.09. The molecule has 0 unspecified atom stereocenters. The van der Waals surface area contributed by atoms with Crippen LogP contribution >= 0.6 is 11.5 Å². The standard InChI is InChI=1S/C9H11N5S/c1-10-7-4-3-5-8(6-7)14(2)9-11-12-13-15-9/h3-6,10H,1-2H3. The normalized spacial score (nSPS) is 10.0. The van der Waals surface area contributed by atoms with Crippen molar-refractivity contribution in [1.82, 2.24) is 14.8 Å². The van der Waals surface area contributed by atoms with Gasteiger partial charge in [-0.3, -0.25) is 0 Å². The molecule has 0 amide bonds. The highest BCUT2D eigenvalue weighted by molar-refractivity contribution is 7.09. The Hall–Kier alpha value is -1.69. The topological polar surface area (TPSA) is 53.9 Å². The van der Waals surface area contributed by atoms with Crippen LogP contribution in [0, 0.1) is 0 Å². The Kier molecular flexibility index (Phi) is 2.77. The predicted molar refractivity (Wildman–Crippen MR) is 61.8 cm³/mol. The Morgan fingerprint density at radius 3 is 2.93 bits per heavy atom. The molecule has 15 heavy (non-hydrogen) atoms. The van der Waals surface area contributed by atoms with E-state index < -0.39 is 0 Å². The van der Waals surface area contributed by atoms with Gasteiger partial charge in [0.05, 0.1) is 0 Å². The van der Waals surface area contributed by atoms with E-state index in [-0.39, 0.29) is 0 Å². The summed E-state index contributed by atoms with van der Waals surface area (Å²) in [4.78, 5) is 1.95. The lowest BCUT2D eigenvalue weighted by atomic mass is 10.2. The van der Waals surface area contributed by atoms with Crippen LogP contribution in [-0.4, -0.2) is 28.9 Å². The van der Waals surface area contributed by atoms with Gasteiger partial charge in [-0.15, -0.1) is 0 Å². The third-order valence-electron chi connectivity index (χ3n) is 2.10. The van der Waals surface area contributed by atoms with E-state index in [4.69, 9.17) is 0 Å². The third-order valence-corrected chi connectivity index (χ3v) is 2.77. The van der Waals surface area contributed by atoms with Crippen LogP contribution in [0.4, 0.5) is 16.5 Å². The van der Waals surface area contributed by atoms with Gasteiger partial charge in [-0.25, -0.2) is 0 Å². The summed E-state index contributed by atoms with van der Waals surface area (Å²) in [6.45, 7) is 0. The van der Waals surface area contributed by atoms with Crippen molar-refractivity contribution in [2.24, 2.45) is 0 Å².